The van der Waals surface area contributed by atoms with Crippen molar-refractivity contribution in [2.75, 3.05) is 0 Å². The number of halogens is 2. The Kier molecular flexibility index (Phi) is 9.83. The van der Waals surface area contributed by atoms with Crippen LogP contribution < -0.4 is 0 Å². The summed E-state index contributed by atoms with van der Waals surface area (Å²) in [4.78, 5) is 0. The quantitative estimate of drug-likeness (QED) is 0.234. The van der Waals surface area contributed by atoms with Gasteiger partial charge in [0.25, 0.3) is 0 Å². The van der Waals surface area contributed by atoms with Gasteiger partial charge in [-0.2, -0.15) is 0 Å². The molecule has 1 aliphatic rings. The van der Waals surface area contributed by atoms with Gasteiger partial charge in [-0.3, -0.25) is 0 Å². The summed E-state index contributed by atoms with van der Waals surface area (Å²) in [6, 6.07) is 23.0. The SMILES string of the molecule is CCCCCc1ccc(CC[C@H]2CC[C@H](CCc3ccc(-c4ccc(Cl)c(F)c4)cc3)CC2)cc1. The molecule has 35 heavy (non-hydrogen) atoms. The molecule has 4 rings (SSSR count). The summed E-state index contributed by atoms with van der Waals surface area (Å²) < 4.78 is 13.8. The molecule has 0 bridgehead atoms. The first-order chi connectivity index (χ1) is 17.1. The van der Waals surface area contributed by atoms with Crippen molar-refractivity contribution in [2.45, 2.75) is 84.0 Å². The van der Waals surface area contributed by atoms with E-state index >= 15 is 0 Å². The van der Waals surface area contributed by atoms with Crippen molar-refractivity contribution >= 4 is 11.6 Å². The summed E-state index contributed by atoms with van der Waals surface area (Å²) in [5, 5.41) is 0.173. The molecule has 186 valence electrons. The predicted molar refractivity (Wildman–Crippen MR) is 149 cm³/mol. The minimum Gasteiger partial charge on any atom is -0.205 e. The van der Waals surface area contributed by atoms with E-state index in [4.69, 9.17) is 11.6 Å². The van der Waals surface area contributed by atoms with Crippen LogP contribution in [0.25, 0.3) is 11.1 Å². The maximum Gasteiger partial charge on any atom is 0.142 e. The maximum atomic E-state index is 13.8. The fourth-order valence-corrected chi connectivity index (χ4v) is 5.66. The van der Waals surface area contributed by atoms with Crippen molar-refractivity contribution in [3.8, 4) is 11.1 Å². The summed E-state index contributed by atoms with van der Waals surface area (Å²) in [5.74, 6) is 1.40. The van der Waals surface area contributed by atoms with Crippen LogP contribution in [0.4, 0.5) is 4.39 Å². The van der Waals surface area contributed by atoms with Crippen LogP contribution in [0.1, 0.15) is 81.4 Å². The Morgan fingerprint density at radius 3 is 1.66 bits per heavy atom. The molecule has 1 saturated carbocycles. The monoisotopic (exact) mass is 490 g/mol. The van der Waals surface area contributed by atoms with Crippen LogP contribution in [0, 0.1) is 17.7 Å². The minimum absolute atomic E-state index is 0.173. The van der Waals surface area contributed by atoms with Gasteiger partial charge in [-0.25, -0.2) is 4.39 Å². The summed E-state index contributed by atoms with van der Waals surface area (Å²) in [6.45, 7) is 2.27. The Labute approximate surface area is 216 Å². The van der Waals surface area contributed by atoms with E-state index in [1.165, 1.54) is 93.4 Å². The molecule has 0 spiro atoms. The van der Waals surface area contributed by atoms with Gasteiger partial charge in [0.1, 0.15) is 5.82 Å². The van der Waals surface area contributed by atoms with E-state index in [1.807, 2.05) is 6.07 Å². The van der Waals surface area contributed by atoms with Gasteiger partial charge in [-0.15, -0.1) is 0 Å². The predicted octanol–water partition coefficient (Wildman–Crippen LogP) is 10.3. The molecule has 0 aromatic heterocycles. The lowest BCUT2D eigenvalue weighted by atomic mass is 9.77. The van der Waals surface area contributed by atoms with Gasteiger partial charge in [0.15, 0.2) is 0 Å². The first-order valence-corrected chi connectivity index (χ1v) is 14.1. The van der Waals surface area contributed by atoms with Gasteiger partial charge in [0.2, 0.25) is 0 Å². The fraction of sp³-hybridized carbons (Fsp3) is 0.455. The zero-order valence-corrected chi connectivity index (χ0v) is 22.0. The highest BCUT2D eigenvalue weighted by atomic mass is 35.5. The Morgan fingerprint density at radius 2 is 1.14 bits per heavy atom. The Balaban J connectivity index is 1.15. The molecule has 3 aromatic rings. The highest BCUT2D eigenvalue weighted by Gasteiger charge is 2.21. The lowest BCUT2D eigenvalue weighted by molar-refractivity contribution is 0.253. The van der Waals surface area contributed by atoms with Gasteiger partial charge in [0, 0.05) is 0 Å². The van der Waals surface area contributed by atoms with Crippen LogP contribution in [0.15, 0.2) is 66.7 Å². The number of hydrogen-bond donors (Lipinski definition) is 0. The molecule has 0 N–H and O–H groups in total. The topological polar surface area (TPSA) is 0 Å². The van der Waals surface area contributed by atoms with Crippen LogP contribution in [-0.4, -0.2) is 0 Å². The van der Waals surface area contributed by atoms with Crippen LogP contribution >= 0.6 is 11.6 Å². The first kappa shape index (κ1) is 26.0. The van der Waals surface area contributed by atoms with Gasteiger partial charge in [-0.05, 0) is 90.3 Å². The second-order valence-electron chi connectivity index (χ2n) is 10.6. The van der Waals surface area contributed by atoms with E-state index in [1.54, 1.807) is 6.07 Å². The van der Waals surface area contributed by atoms with Gasteiger partial charge in [-0.1, -0.05) is 112 Å². The molecule has 0 unspecified atom stereocenters. The van der Waals surface area contributed by atoms with Crippen molar-refractivity contribution in [3.05, 3.63) is 94.3 Å². The molecule has 0 heterocycles. The summed E-state index contributed by atoms with van der Waals surface area (Å²) in [6.07, 6.45) is 15.7. The number of unbranched alkanes of at least 4 members (excludes halogenated alkanes) is 2. The Morgan fingerprint density at radius 1 is 0.657 bits per heavy atom. The number of aryl methyl sites for hydroxylation is 3. The first-order valence-electron chi connectivity index (χ1n) is 13.7. The summed E-state index contributed by atoms with van der Waals surface area (Å²) in [7, 11) is 0. The molecule has 2 heteroatoms. The average Bonchev–Trinajstić information content (AvgIpc) is 2.90. The average molecular weight is 491 g/mol. The van der Waals surface area contributed by atoms with Gasteiger partial charge >= 0.3 is 0 Å². The van der Waals surface area contributed by atoms with E-state index in [2.05, 4.69) is 55.5 Å². The van der Waals surface area contributed by atoms with Crippen molar-refractivity contribution in [1.82, 2.24) is 0 Å². The highest BCUT2D eigenvalue weighted by Crippen LogP contribution is 2.34. The molecule has 0 nitrogen and oxygen atoms in total. The Bertz CT molecular complexity index is 1030. The van der Waals surface area contributed by atoms with Crippen molar-refractivity contribution < 1.29 is 4.39 Å². The molecule has 3 aromatic carbocycles. The smallest absolute Gasteiger partial charge is 0.142 e. The summed E-state index contributed by atoms with van der Waals surface area (Å²) in [5.41, 5.74) is 6.30. The van der Waals surface area contributed by atoms with E-state index in [9.17, 15) is 4.39 Å². The fourth-order valence-electron chi connectivity index (χ4n) is 5.54. The molecule has 0 atom stereocenters. The van der Waals surface area contributed by atoms with E-state index in [0.717, 1.165) is 29.4 Å². The van der Waals surface area contributed by atoms with Crippen molar-refractivity contribution in [3.63, 3.8) is 0 Å². The number of benzene rings is 3. The molecular formula is C33H40ClF. The van der Waals surface area contributed by atoms with Crippen LogP contribution in [0.2, 0.25) is 5.02 Å². The normalized spacial score (nSPS) is 18.0. The van der Waals surface area contributed by atoms with Crippen LogP contribution in [0.3, 0.4) is 0 Å². The third-order valence-corrected chi connectivity index (χ3v) is 8.25. The molecule has 0 aliphatic heterocycles. The van der Waals surface area contributed by atoms with Crippen LogP contribution in [0.5, 0.6) is 0 Å². The zero-order valence-electron chi connectivity index (χ0n) is 21.2. The number of rotatable bonds is 11. The summed E-state index contributed by atoms with van der Waals surface area (Å²) >= 11 is 5.81. The lowest BCUT2D eigenvalue weighted by Crippen LogP contribution is -2.15. The van der Waals surface area contributed by atoms with E-state index < -0.39 is 0 Å². The third kappa shape index (κ3) is 7.94. The maximum absolute atomic E-state index is 13.8. The molecule has 0 amide bonds. The molecule has 0 radical (unpaired) electrons. The minimum atomic E-state index is -0.362. The van der Waals surface area contributed by atoms with Crippen LogP contribution in [-0.2, 0) is 19.3 Å². The van der Waals surface area contributed by atoms with Gasteiger partial charge < -0.3 is 0 Å². The van der Waals surface area contributed by atoms with Crippen molar-refractivity contribution in [2.24, 2.45) is 11.8 Å². The Hall–Kier alpha value is -2.12. The standard InChI is InChI=1S/C33H40ClF/c1-2-3-4-5-25-6-8-26(9-7-25)10-11-27-12-14-28(15-13-27)16-17-29-18-20-30(21-19-29)31-22-23-32(34)33(35)24-31/h6-9,18-24,27-28H,2-5,10-17H2,1H3/t27-,28-. The van der Waals surface area contributed by atoms with E-state index in [-0.39, 0.29) is 10.8 Å². The molecule has 1 aliphatic carbocycles. The van der Waals surface area contributed by atoms with E-state index in [0.29, 0.717) is 0 Å². The number of hydrogen-bond acceptors (Lipinski definition) is 0. The van der Waals surface area contributed by atoms with Crippen molar-refractivity contribution in [1.29, 1.82) is 0 Å². The molecular weight excluding hydrogens is 451 g/mol. The second kappa shape index (κ2) is 13.3. The van der Waals surface area contributed by atoms with Gasteiger partial charge in [0.05, 0.1) is 5.02 Å². The highest BCUT2D eigenvalue weighted by molar-refractivity contribution is 6.30. The second-order valence-corrected chi connectivity index (χ2v) is 11.0. The molecule has 1 fully saturated rings. The largest absolute Gasteiger partial charge is 0.205 e. The third-order valence-electron chi connectivity index (χ3n) is 7.95. The lowest BCUT2D eigenvalue weighted by Gasteiger charge is -2.28. The molecule has 0 saturated heterocycles. The zero-order chi connectivity index (χ0) is 24.5.